The minimum atomic E-state index is 0.0852. The molecule has 0 aliphatic heterocycles. The van der Waals surface area contributed by atoms with E-state index in [1.807, 2.05) is 10.7 Å². The van der Waals surface area contributed by atoms with Crippen molar-refractivity contribution in [2.75, 3.05) is 0 Å². The summed E-state index contributed by atoms with van der Waals surface area (Å²) in [5.74, 6) is 0. The molecule has 1 aromatic carbocycles. The Morgan fingerprint density at radius 1 is 1.22 bits per heavy atom. The fourth-order valence-electron chi connectivity index (χ4n) is 2.26. The molecule has 0 atom stereocenters. The van der Waals surface area contributed by atoms with E-state index in [0.29, 0.717) is 0 Å². The largest absolute Gasteiger partial charge is 0.392 e. The fraction of sp³-hybridized carbons (Fsp3) is 0.400. The third kappa shape index (κ3) is 2.99. The maximum atomic E-state index is 9.21. The molecule has 1 heterocycles. The number of aromatic nitrogens is 2. The quantitative estimate of drug-likeness (QED) is 0.848. The molecule has 2 rings (SSSR count). The molecule has 2 aromatic rings. The lowest BCUT2D eigenvalue weighted by molar-refractivity contribution is 0.280. The van der Waals surface area contributed by atoms with Gasteiger partial charge in [-0.25, -0.2) is 0 Å². The van der Waals surface area contributed by atoms with E-state index in [2.05, 4.69) is 36.3 Å². The van der Waals surface area contributed by atoms with Crippen LogP contribution in [0, 0.1) is 0 Å². The van der Waals surface area contributed by atoms with Crippen molar-refractivity contribution in [2.45, 2.75) is 39.3 Å². The summed E-state index contributed by atoms with van der Waals surface area (Å²) in [4.78, 5) is 0. The van der Waals surface area contributed by atoms with Gasteiger partial charge in [0.2, 0.25) is 0 Å². The summed E-state index contributed by atoms with van der Waals surface area (Å²) in [5.41, 5.74) is 3.48. The van der Waals surface area contributed by atoms with Crippen LogP contribution in [0.3, 0.4) is 0 Å². The lowest BCUT2D eigenvalue weighted by Gasteiger charge is -2.07. The number of rotatable bonds is 6. The number of hydrogen-bond donors (Lipinski definition) is 1. The Kier molecular flexibility index (Phi) is 4.53. The number of aryl methyl sites for hydroxylation is 2. The van der Waals surface area contributed by atoms with Gasteiger partial charge in [-0.2, -0.15) is 5.10 Å². The van der Waals surface area contributed by atoms with Crippen LogP contribution in [0.2, 0.25) is 0 Å². The average molecular weight is 244 g/mol. The number of benzene rings is 1. The highest BCUT2D eigenvalue weighted by Crippen LogP contribution is 2.11. The predicted octanol–water partition coefficient (Wildman–Crippen LogP) is 2.57. The Morgan fingerprint density at radius 3 is 2.67 bits per heavy atom. The maximum absolute atomic E-state index is 9.21. The van der Waals surface area contributed by atoms with Crippen LogP contribution in [0.1, 0.15) is 30.2 Å². The van der Waals surface area contributed by atoms with Gasteiger partial charge in [0.1, 0.15) is 0 Å². The summed E-state index contributed by atoms with van der Waals surface area (Å²) in [6.07, 6.45) is 4.84. The van der Waals surface area contributed by atoms with Gasteiger partial charge in [0.05, 0.1) is 12.8 Å². The molecule has 0 aliphatic rings. The molecule has 0 spiro atoms. The van der Waals surface area contributed by atoms with Gasteiger partial charge in [0.25, 0.3) is 0 Å². The van der Waals surface area contributed by atoms with Crippen molar-refractivity contribution in [2.24, 2.45) is 0 Å². The van der Waals surface area contributed by atoms with Crippen molar-refractivity contribution >= 4 is 0 Å². The van der Waals surface area contributed by atoms with Crippen molar-refractivity contribution in [1.29, 1.82) is 0 Å². The molecule has 3 nitrogen and oxygen atoms in total. The Hall–Kier alpha value is -1.61. The minimum Gasteiger partial charge on any atom is -0.392 e. The van der Waals surface area contributed by atoms with Gasteiger partial charge in [-0.15, -0.1) is 0 Å². The van der Waals surface area contributed by atoms with Crippen molar-refractivity contribution in [3.8, 4) is 0 Å². The normalized spacial score (nSPS) is 10.8. The van der Waals surface area contributed by atoms with Crippen LogP contribution >= 0.6 is 0 Å². The summed E-state index contributed by atoms with van der Waals surface area (Å²) in [5, 5.41) is 13.6. The topological polar surface area (TPSA) is 38.1 Å². The molecule has 0 amide bonds. The summed E-state index contributed by atoms with van der Waals surface area (Å²) in [6.45, 7) is 3.10. The smallest absolute Gasteiger partial charge is 0.0715 e. The first-order chi connectivity index (χ1) is 8.85. The van der Waals surface area contributed by atoms with Gasteiger partial charge < -0.3 is 5.11 Å². The summed E-state index contributed by atoms with van der Waals surface area (Å²) >= 11 is 0. The first-order valence-corrected chi connectivity index (χ1v) is 6.53. The van der Waals surface area contributed by atoms with Crippen LogP contribution in [0.25, 0.3) is 0 Å². The molecule has 0 aliphatic carbocycles. The Morgan fingerprint density at radius 2 is 2.00 bits per heavy atom. The minimum absolute atomic E-state index is 0.0852. The second-order valence-corrected chi connectivity index (χ2v) is 4.44. The number of aliphatic hydroxyl groups excluding tert-OH is 1. The molecule has 1 aromatic heterocycles. The standard InChI is InChI=1S/C15H20N2O/c1-2-15-14(12-18)11-16-17(15)10-6-9-13-7-4-3-5-8-13/h3-5,7-8,11,18H,2,6,9-10,12H2,1H3. The molecular weight excluding hydrogens is 224 g/mol. The van der Waals surface area contributed by atoms with Gasteiger partial charge in [-0.05, 0) is 24.8 Å². The van der Waals surface area contributed by atoms with Gasteiger partial charge in [0, 0.05) is 17.8 Å². The first kappa shape index (κ1) is 12.8. The Balaban J connectivity index is 1.92. The Labute approximate surface area is 108 Å². The highest BCUT2D eigenvalue weighted by molar-refractivity contribution is 5.17. The number of aliphatic hydroxyl groups is 1. The van der Waals surface area contributed by atoms with E-state index >= 15 is 0 Å². The van der Waals surface area contributed by atoms with Gasteiger partial charge in [-0.3, -0.25) is 4.68 Å². The van der Waals surface area contributed by atoms with Crippen molar-refractivity contribution in [1.82, 2.24) is 9.78 Å². The van der Waals surface area contributed by atoms with E-state index in [4.69, 9.17) is 0 Å². The van der Waals surface area contributed by atoms with Gasteiger partial charge in [-0.1, -0.05) is 37.3 Å². The predicted molar refractivity (Wildman–Crippen MR) is 72.3 cm³/mol. The number of hydrogen-bond acceptors (Lipinski definition) is 2. The van der Waals surface area contributed by atoms with Crippen molar-refractivity contribution in [3.63, 3.8) is 0 Å². The summed E-state index contributed by atoms with van der Waals surface area (Å²) < 4.78 is 2.02. The fourth-order valence-corrected chi connectivity index (χ4v) is 2.26. The van der Waals surface area contributed by atoms with Crippen LogP contribution in [0.5, 0.6) is 0 Å². The molecule has 0 saturated carbocycles. The van der Waals surface area contributed by atoms with E-state index in [-0.39, 0.29) is 6.61 Å². The van der Waals surface area contributed by atoms with E-state index in [1.54, 1.807) is 6.20 Å². The van der Waals surface area contributed by atoms with E-state index < -0.39 is 0 Å². The lowest BCUT2D eigenvalue weighted by atomic mass is 10.1. The molecule has 18 heavy (non-hydrogen) atoms. The zero-order valence-corrected chi connectivity index (χ0v) is 10.8. The maximum Gasteiger partial charge on any atom is 0.0715 e. The molecule has 0 radical (unpaired) electrons. The third-order valence-electron chi connectivity index (χ3n) is 3.22. The van der Waals surface area contributed by atoms with Gasteiger partial charge in [0.15, 0.2) is 0 Å². The highest BCUT2D eigenvalue weighted by atomic mass is 16.3. The second kappa shape index (κ2) is 6.36. The lowest BCUT2D eigenvalue weighted by Crippen LogP contribution is -2.06. The second-order valence-electron chi connectivity index (χ2n) is 4.44. The summed E-state index contributed by atoms with van der Waals surface area (Å²) in [7, 11) is 0. The monoisotopic (exact) mass is 244 g/mol. The van der Waals surface area contributed by atoms with Crippen LogP contribution in [-0.2, 0) is 26.0 Å². The zero-order valence-electron chi connectivity index (χ0n) is 10.8. The molecular formula is C15H20N2O. The van der Waals surface area contributed by atoms with Gasteiger partial charge >= 0.3 is 0 Å². The van der Waals surface area contributed by atoms with Crippen LogP contribution < -0.4 is 0 Å². The van der Waals surface area contributed by atoms with Crippen molar-refractivity contribution in [3.05, 3.63) is 53.3 Å². The van der Waals surface area contributed by atoms with Crippen LogP contribution in [-0.4, -0.2) is 14.9 Å². The molecule has 0 unspecified atom stereocenters. The zero-order chi connectivity index (χ0) is 12.8. The highest BCUT2D eigenvalue weighted by Gasteiger charge is 2.07. The SMILES string of the molecule is CCc1c(CO)cnn1CCCc1ccccc1. The van der Waals surface area contributed by atoms with E-state index in [1.165, 1.54) is 5.56 Å². The van der Waals surface area contributed by atoms with Crippen molar-refractivity contribution < 1.29 is 5.11 Å². The Bertz CT molecular complexity index is 476. The summed E-state index contributed by atoms with van der Waals surface area (Å²) in [6, 6.07) is 10.5. The third-order valence-corrected chi connectivity index (χ3v) is 3.22. The van der Waals surface area contributed by atoms with Crippen LogP contribution in [0.4, 0.5) is 0 Å². The van der Waals surface area contributed by atoms with E-state index in [9.17, 15) is 5.11 Å². The molecule has 3 heteroatoms. The first-order valence-electron chi connectivity index (χ1n) is 6.53. The van der Waals surface area contributed by atoms with E-state index in [0.717, 1.165) is 37.1 Å². The molecule has 96 valence electrons. The molecule has 1 N–H and O–H groups in total. The molecule has 0 saturated heterocycles. The molecule has 0 bridgehead atoms. The average Bonchev–Trinajstić information content (AvgIpc) is 2.82. The van der Waals surface area contributed by atoms with Crippen LogP contribution in [0.15, 0.2) is 36.5 Å². The number of nitrogens with zero attached hydrogens (tertiary/aromatic N) is 2. The molecule has 0 fully saturated rings.